The van der Waals surface area contributed by atoms with E-state index in [-0.39, 0.29) is 6.03 Å². The molecule has 2 amide bonds. The molecule has 4 nitrogen and oxygen atoms in total. The van der Waals surface area contributed by atoms with Gasteiger partial charge in [-0.3, -0.25) is 0 Å². The molecule has 0 aliphatic carbocycles. The number of carbonyl (C=O) groups excluding carboxylic acids is 1. The lowest BCUT2D eigenvalue weighted by atomic mass is 9.93. The van der Waals surface area contributed by atoms with E-state index in [0.717, 1.165) is 49.0 Å². The van der Waals surface area contributed by atoms with E-state index >= 15 is 0 Å². The van der Waals surface area contributed by atoms with Gasteiger partial charge in [0.15, 0.2) is 0 Å². The molecular weight excluding hydrogens is 298 g/mol. The average Bonchev–Trinajstić information content (AvgIpc) is 2.59. The van der Waals surface area contributed by atoms with Gasteiger partial charge in [0.05, 0.1) is 0 Å². The molecule has 0 aromatic heterocycles. The van der Waals surface area contributed by atoms with Crippen molar-refractivity contribution in [2.75, 3.05) is 38.0 Å². The van der Waals surface area contributed by atoms with E-state index in [9.17, 15) is 4.79 Å². The number of hydrogen-bond donors (Lipinski definition) is 1. The number of likely N-dealkylation sites (tertiary alicyclic amines) is 2. The van der Waals surface area contributed by atoms with Gasteiger partial charge in [-0.25, -0.2) is 4.79 Å². The molecule has 132 valence electrons. The molecule has 0 unspecified atom stereocenters. The maximum Gasteiger partial charge on any atom is 0.321 e. The minimum Gasteiger partial charge on any atom is -0.325 e. The highest BCUT2D eigenvalue weighted by molar-refractivity contribution is 5.90. The predicted molar refractivity (Wildman–Crippen MR) is 99.3 cm³/mol. The third-order valence-corrected chi connectivity index (χ3v) is 5.68. The smallest absolute Gasteiger partial charge is 0.321 e. The van der Waals surface area contributed by atoms with Crippen molar-refractivity contribution in [1.29, 1.82) is 0 Å². The molecule has 4 heteroatoms. The number of piperidine rings is 2. The van der Waals surface area contributed by atoms with Crippen LogP contribution in [0.1, 0.15) is 38.2 Å². The van der Waals surface area contributed by atoms with Crippen molar-refractivity contribution in [3.05, 3.63) is 29.8 Å². The number of rotatable bonds is 3. The lowest BCUT2D eigenvalue weighted by Gasteiger charge is -2.37. The third-order valence-electron chi connectivity index (χ3n) is 5.68. The van der Waals surface area contributed by atoms with Crippen molar-refractivity contribution < 1.29 is 4.79 Å². The fourth-order valence-electron chi connectivity index (χ4n) is 3.84. The van der Waals surface area contributed by atoms with Crippen LogP contribution in [0.15, 0.2) is 24.3 Å². The van der Waals surface area contributed by atoms with Crippen LogP contribution in [-0.2, 0) is 0 Å². The zero-order valence-electron chi connectivity index (χ0n) is 15.1. The Labute approximate surface area is 146 Å². The van der Waals surface area contributed by atoms with Crippen LogP contribution in [0.5, 0.6) is 0 Å². The molecule has 1 aromatic carbocycles. The summed E-state index contributed by atoms with van der Waals surface area (Å²) in [5, 5.41) is 3.06. The Kier molecular flexibility index (Phi) is 5.77. The zero-order chi connectivity index (χ0) is 16.9. The number of urea groups is 1. The van der Waals surface area contributed by atoms with Gasteiger partial charge in [-0.1, -0.05) is 25.1 Å². The first-order valence-electron chi connectivity index (χ1n) is 9.45. The monoisotopic (exact) mass is 329 g/mol. The topological polar surface area (TPSA) is 35.6 Å². The van der Waals surface area contributed by atoms with Gasteiger partial charge in [-0.05, 0) is 69.2 Å². The summed E-state index contributed by atoms with van der Waals surface area (Å²) in [6.45, 7) is 9.90. The lowest BCUT2D eigenvalue weighted by Crippen LogP contribution is -2.44. The Bertz CT molecular complexity index is 544. The fourth-order valence-corrected chi connectivity index (χ4v) is 3.84. The van der Waals surface area contributed by atoms with Gasteiger partial charge in [0.25, 0.3) is 0 Å². The van der Waals surface area contributed by atoms with Gasteiger partial charge in [0.1, 0.15) is 0 Å². The highest BCUT2D eigenvalue weighted by Crippen LogP contribution is 2.23. The van der Waals surface area contributed by atoms with Crippen LogP contribution in [0.3, 0.4) is 0 Å². The molecule has 2 saturated heterocycles. The van der Waals surface area contributed by atoms with E-state index in [1.165, 1.54) is 32.5 Å². The standard InChI is InChI=1S/C20H31N3O/c1-16-7-11-22(12-8-16)15-18-9-13-23(14-10-18)20(24)21-19-6-4-3-5-17(19)2/h3-6,16,18H,7-15H2,1-2H3,(H,21,24). The molecule has 0 bridgehead atoms. The van der Waals surface area contributed by atoms with Crippen LogP contribution >= 0.6 is 0 Å². The Morgan fingerprint density at radius 1 is 1.08 bits per heavy atom. The summed E-state index contributed by atoms with van der Waals surface area (Å²) in [6, 6.07) is 8.01. The molecule has 0 atom stereocenters. The number of benzene rings is 1. The molecule has 1 N–H and O–H groups in total. The first-order chi connectivity index (χ1) is 11.6. The average molecular weight is 329 g/mol. The summed E-state index contributed by atoms with van der Waals surface area (Å²) in [4.78, 5) is 17.1. The van der Waals surface area contributed by atoms with Crippen molar-refractivity contribution >= 4 is 11.7 Å². The van der Waals surface area contributed by atoms with Crippen molar-refractivity contribution in [3.63, 3.8) is 0 Å². The molecule has 2 aliphatic heterocycles. The van der Waals surface area contributed by atoms with Gasteiger partial charge in [0.2, 0.25) is 0 Å². The summed E-state index contributed by atoms with van der Waals surface area (Å²) < 4.78 is 0. The predicted octanol–water partition coefficient (Wildman–Crippen LogP) is 3.97. The number of nitrogens with one attached hydrogen (secondary N) is 1. The molecule has 0 saturated carbocycles. The maximum atomic E-state index is 12.5. The number of hydrogen-bond acceptors (Lipinski definition) is 2. The van der Waals surface area contributed by atoms with Gasteiger partial charge >= 0.3 is 6.03 Å². The third kappa shape index (κ3) is 4.50. The molecule has 0 spiro atoms. The molecule has 1 aromatic rings. The summed E-state index contributed by atoms with van der Waals surface area (Å²) in [7, 11) is 0. The normalized spacial score (nSPS) is 21.0. The quantitative estimate of drug-likeness (QED) is 0.911. The largest absolute Gasteiger partial charge is 0.325 e. The summed E-state index contributed by atoms with van der Waals surface area (Å²) >= 11 is 0. The minimum atomic E-state index is 0.0505. The second kappa shape index (κ2) is 8.02. The maximum absolute atomic E-state index is 12.5. The summed E-state index contributed by atoms with van der Waals surface area (Å²) in [5.41, 5.74) is 2.03. The molecular formula is C20H31N3O. The Morgan fingerprint density at radius 2 is 1.75 bits per heavy atom. The molecule has 3 rings (SSSR count). The second-order valence-corrected chi connectivity index (χ2v) is 7.66. The second-order valence-electron chi connectivity index (χ2n) is 7.66. The zero-order valence-corrected chi connectivity index (χ0v) is 15.1. The van der Waals surface area contributed by atoms with Crippen LogP contribution in [-0.4, -0.2) is 48.6 Å². The highest BCUT2D eigenvalue weighted by atomic mass is 16.2. The van der Waals surface area contributed by atoms with Gasteiger partial charge in [0, 0.05) is 25.3 Å². The van der Waals surface area contributed by atoms with Gasteiger partial charge < -0.3 is 15.1 Å². The summed E-state index contributed by atoms with van der Waals surface area (Å²) in [5.74, 6) is 1.65. The van der Waals surface area contributed by atoms with Gasteiger partial charge in [-0.15, -0.1) is 0 Å². The SMILES string of the molecule is Cc1ccccc1NC(=O)N1CCC(CN2CCC(C)CC2)CC1. The number of carbonyl (C=O) groups is 1. The number of aryl methyl sites for hydroxylation is 1. The van der Waals surface area contributed by atoms with Crippen molar-refractivity contribution in [1.82, 2.24) is 9.80 Å². The molecule has 0 radical (unpaired) electrons. The van der Waals surface area contributed by atoms with Crippen molar-refractivity contribution in [3.8, 4) is 0 Å². The van der Waals surface area contributed by atoms with Crippen LogP contribution in [0.25, 0.3) is 0 Å². The van der Waals surface area contributed by atoms with Crippen LogP contribution < -0.4 is 5.32 Å². The highest BCUT2D eigenvalue weighted by Gasteiger charge is 2.25. The lowest BCUT2D eigenvalue weighted by molar-refractivity contribution is 0.130. The molecule has 2 heterocycles. The van der Waals surface area contributed by atoms with Crippen LogP contribution in [0.4, 0.5) is 10.5 Å². The number of nitrogens with zero attached hydrogens (tertiary/aromatic N) is 2. The van der Waals surface area contributed by atoms with Crippen molar-refractivity contribution in [2.45, 2.75) is 39.5 Å². The van der Waals surface area contributed by atoms with E-state index in [0.29, 0.717) is 0 Å². The molecule has 2 aliphatic rings. The first-order valence-corrected chi connectivity index (χ1v) is 9.45. The van der Waals surface area contributed by atoms with Crippen molar-refractivity contribution in [2.24, 2.45) is 11.8 Å². The summed E-state index contributed by atoms with van der Waals surface area (Å²) in [6.07, 6.45) is 4.95. The Balaban J connectivity index is 1.43. The Morgan fingerprint density at radius 3 is 2.42 bits per heavy atom. The fraction of sp³-hybridized carbons (Fsp3) is 0.650. The van der Waals surface area contributed by atoms with E-state index in [2.05, 4.69) is 17.1 Å². The number of amides is 2. The molecule has 24 heavy (non-hydrogen) atoms. The number of anilines is 1. The van der Waals surface area contributed by atoms with Crippen LogP contribution in [0, 0.1) is 18.8 Å². The Hall–Kier alpha value is -1.55. The van der Waals surface area contributed by atoms with E-state index in [1.54, 1.807) is 0 Å². The molecule has 2 fully saturated rings. The van der Waals surface area contributed by atoms with E-state index in [4.69, 9.17) is 0 Å². The van der Waals surface area contributed by atoms with Gasteiger partial charge in [-0.2, -0.15) is 0 Å². The number of para-hydroxylation sites is 1. The van der Waals surface area contributed by atoms with E-state index < -0.39 is 0 Å². The first kappa shape index (κ1) is 17.3. The van der Waals surface area contributed by atoms with Crippen LogP contribution in [0.2, 0.25) is 0 Å². The minimum absolute atomic E-state index is 0.0505. The van der Waals surface area contributed by atoms with E-state index in [1.807, 2.05) is 36.1 Å².